The number of halogens is 1. The van der Waals surface area contributed by atoms with Crippen LogP contribution in [0.1, 0.15) is 37.3 Å². The maximum absolute atomic E-state index is 12.2. The van der Waals surface area contributed by atoms with Gasteiger partial charge in [0.05, 0.1) is 6.04 Å². The van der Waals surface area contributed by atoms with E-state index in [4.69, 9.17) is 4.74 Å². The van der Waals surface area contributed by atoms with Crippen LogP contribution < -0.4 is 0 Å². The second-order valence-electron chi connectivity index (χ2n) is 5.71. The third kappa shape index (κ3) is 3.07. The fraction of sp³-hybridized carbons (Fsp3) is 0.562. The van der Waals surface area contributed by atoms with Crippen LogP contribution in [0.5, 0.6) is 0 Å². The predicted molar refractivity (Wildman–Crippen MR) is 81.4 cm³/mol. The van der Waals surface area contributed by atoms with Crippen molar-refractivity contribution >= 4 is 21.8 Å². The summed E-state index contributed by atoms with van der Waals surface area (Å²) in [5.74, 6) is 0.910. The Hall–Kier alpha value is -0.870. The average Bonchev–Trinajstić information content (AvgIpc) is 2.83. The van der Waals surface area contributed by atoms with Crippen molar-refractivity contribution in [2.24, 2.45) is 5.92 Å². The minimum absolute atomic E-state index is 0.262. The van der Waals surface area contributed by atoms with E-state index in [2.05, 4.69) is 45.1 Å². The van der Waals surface area contributed by atoms with E-state index in [1.165, 1.54) is 5.56 Å². The molecule has 3 rings (SSSR count). The van der Waals surface area contributed by atoms with E-state index in [9.17, 15) is 4.79 Å². The molecule has 2 saturated heterocycles. The molecule has 0 unspecified atom stereocenters. The third-order valence-electron chi connectivity index (χ3n) is 4.38. The highest BCUT2D eigenvalue weighted by atomic mass is 79.9. The van der Waals surface area contributed by atoms with Gasteiger partial charge in [-0.15, -0.1) is 0 Å². The molecule has 108 valence electrons. The first kappa shape index (κ1) is 14.1. The van der Waals surface area contributed by atoms with Crippen LogP contribution >= 0.6 is 15.9 Å². The maximum Gasteiger partial charge on any atom is 0.223 e. The number of rotatable bonds is 3. The largest absolute Gasteiger partial charge is 0.381 e. The van der Waals surface area contributed by atoms with Gasteiger partial charge in [0.25, 0.3) is 0 Å². The molecule has 1 amide bonds. The van der Waals surface area contributed by atoms with Gasteiger partial charge in [-0.2, -0.15) is 0 Å². The number of amides is 1. The summed E-state index contributed by atoms with van der Waals surface area (Å²) in [5, 5.41) is 0. The van der Waals surface area contributed by atoms with Crippen molar-refractivity contribution in [1.29, 1.82) is 0 Å². The van der Waals surface area contributed by atoms with Gasteiger partial charge in [0.15, 0.2) is 0 Å². The van der Waals surface area contributed by atoms with Gasteiger partial charge in [0.2, 0.25) is 5.91 Å². The van der Waals surface area contributed by atoms with E-state index in [0.29, 0.717) is 18.2 Å². The van der Waals surface area contributed by atoms with Crippen molar-refractivity contribution in [1.82, 2.24) is 4.90 Å². The monoisotopic (exact) mass is 337 g/mol. The van der Waals surface area contributed by atoms with Crippen LogP contribution in [0, 0.1) is 5.92 Å². The quantitative estimate of drug-likeness (QED) is 0.844. The first-order valence-corrected chi connectivity index (χ1v) is 8.16. The zero-order valence-corrected chi connectivity index (χ0v) is 13.1. The van der Waals surface area contributed by atoms with Gasteiger partial charge in [-0.25, -0.2) is 0 Å². The Morgan fingerprint density at radius 3 is 2.55 bits per heavy atom. The standard InChI is InChI=1S/C16H20BrNO2/c17-14-3-1-13(2-4-14)15-5-6-16(19)18(15)11-12-7-9-20-10-8-12/h1-4,12,15H,5-11H2/t15-/m0/s1. The summed E-state index contributed by atoms with van der Waals surface area (Å²) in [6, 6.07) is 8.64. The molecule has 2 heterocycles. The Morgan fingerprint density at radius 1 is 1.15 bits per heavy atom. The predicted octanol–water partition coefficient (Wildman–Crippen LogP) is 3.54. The summed E-state index contributed by atoms with van der Waals surface area (Å²) in [7, 11) is 0. The van der Waals surface area contributed by atoms with E-state index in [1.54, 1.807) is 0 Å². The molecule has 2 aliphatic heterocycles. The summed E-state index contributed by atoms with van der Waals surface area (Å²) < 4.78 is 6.49. The van der Waals surface area contributed by atoms with Gasteiger partial charge in [-0.05, 0) is 42.9 Å². The molecule has 0 aromatic heterocycles. The Balaban J connectivity index is 1.72. The number of carbonyl (C=O) groups is 1. The van der Waals surface area contributed by atoms with Crippen LogP contribution in [0.3, 0.4) is 0 Å². The molecular formula is C16H20BrNO2. The first-order valence-electron chi connectivity index (χ1n) is 7.37. The molecule has 0 saturated carbocycles. The van der Waals surface area contributed by atoms with E-state index < -0.39 is 0 Å². The molecule has 1 atom stereocenters. The first-order chi connectivity index (χ1) is 9.74. The summed E-state index contributed by atoms with van der Waals surface area (Å²) in [6.45, 7) is 2.58. The van der Waals surface area contributed by atoms with Crippen LogP contribution in [0.2, 0.25) is 0 Å². The van der Waals surface area contributed by atoms with Crippen LogP contribution in [0.15, 0.2) is 28.7 Å². The molecule has 4 heteroatoms. The Morgan fingerprint density at radius 2 is 1.85 bits per heavy atom. The summed E-state index contributed by atoms with van der Waals surface area (Å²) in [5.41, 5.74) is 1.26. The highest BCUT2D eigenvalue weighted by molar-refractivity contribution is 9.10. The fourth-order valence-electron chi connectivity index (χ4n) is 3.20. The average molecular weight is 338 g/mol. The van der Waals surface area contributed by atoms with Crippen molar-refractivity contribution in [3.05, 3.63) is 34.3 Å². The second kappa shape index (κ2) is 6.27. The van der Waals surface area contributed by atoms with Crippen molar-refractivity contribution in [2.45, 2.75) is 31.7 Å². The van der Waals surface area contributed by atoms with E-state index in [1.807, 2.05) is 0 Å². The minimum Gasteiger partial charge on any atom is -0.381 e. The molecule has 0 N–H and O–H groups in total. The van der Waals surface area contributed by atoms with Crippen molar-refractivity contribution < 1.29 is 9.53 Å². The summed E-state index contributed by atoms with van der Waals surface area (Å²) in [6.07, 6.45) is 3.79. The minimum atomic E-state index is 0.262. The molecule has 0 aliphatic carbocycles. The molecule has 3 nitrogen and oxygen atoms in total. The number of hydrogen-bond donors (Lipinski definition) is 0. The smallest absolute Gasteiger partial charge is 0.223 e. The number of benzene rings is 1. The lowest BCUT2D eigenvalue weighted by Crippen LogP contribution is -2.35. The highest BCUT2D eigenvalue weighted by Gasteiger charge is 2.33. The number of carbonyl (C=O) groups excluding carboxylic acids is 1. The molecule has 1 aromatic rings. The van der Waals surface area contributed by atoms with E-state index >= 15 is 0 Å². The lowest BCUT2D eigenvalue weighted by molar-refractivity contribution is -0.130. The molecule has 0 bridgehead atoms. The Labute approximate surface area is 128 Å². The van der Waals surface area contributed by atoms with Crippen LogP contribution in [-0.2, 0) is 9.53 Å². The molecule has 2 aliphatic rings. The SMILES string of the molecule is O=C1CC[C@@H](c2ccc(Br)cc2)N1CC1CCOCC1. The van der Waals surface area contributed by atoms with Crippen LogP contribution in [-0.4, -0.2) is 30.6 Å². The fourth-order valence-corrected chi connectivity index (χ4v) is 3.47. The lowest BCUT2D eigenvalue weighted by Gasteiger charge is -2.31. The van der Waals surface area contributed by atoms with E-state index in [-0.39, 0.29) is 6.04 Å². The number of hydrogen-bond acceptors (Lipinski definition) is 2. The van der Waals surface area contributed by atoms with Gasteiger partial charge in [0.1, 0.15) is 0 Å². The van der Waals surface area contributed by atoms with Crippen molar-refractivity contribution in [3.63, 3.8) is 0 Å². The third-order valence-corrected chi connectivity index (χ3v) is 4.91. The zero-order valence-electron chi connectivity index (χ0n) is 11.6. The van der Waals surface area contributed by atoms with Crippen molar-refractivity contribution in [3.8, 4) is 0 Å². The number of ether oxygens (including phenoxy) is 1. The second-order valence-corrected chi connectivity index (χ2v) is 6.62. The molecule has 0 spiro atoms. The molecule has 0 radical (unpaired) electrons. The maximum atomic E-state index is 12.2. The van der Waals surface area contributed by atoms with Crippen molar-refractivity contribution in [2.75, 3.05) is 19.8 Å². The lowest BCUT2D eigenvalue weighted by atomic mass is 9.98. The molecule has 1 aromatic carbocycles. The van der Waals surface area contributed by atoms with Gasteiger partial charge < -0.3 is 9.64 Å². The van der Waals surface area contributed by atoms with Gasteiger partial charge >= 0.3 is 0 Å². The Kier molecular flexibility index (Phi) is 4.41. The number of nitrogens with zero attached hydrogens (tertiary/aromatic N) is 1. The molecular weight excluding hydrogens is 318 g/mol. The van der Waals surface area contributed by atoms with Gasteiger partial charge in [-0.1, -0.05) is 28.1 Å². The normalized spacial score (nSPS) is 24.4. The van der Waals surface area contributed by atoms with Crippen LogP contribution in [0.25, 0.3) is 0 Å². The van der Waals surface area contributed by atoms with E-state index in [0.717, 1.165) is 43.5 Å². The molecule has 20 heavy (non-hydrogen) atoms. The summed E-state index contributed by atoms with van der Waals surface area (Å²) >= 11 is 3.47. The number of likely N-dealkylation sites (tertiary alicyclic amines) is 1. The molecule has 2 fully saturated rings. The topological polar surface area (TPSA) is 29.5 Å². The Bertz CT molecular complexity index is 468. The summed E-state index contributed by atoms with van der Waals surface area (Å²) in [4.78, 5) is 14.3. The van der Waals surface area contributed by atoms with Gasteiger partial charge in [-0.3, -0.25) is 4.79 Å². The van der Waals surface area contributed by atoms with Crippen LogP contribution in [0.4, 0.5) is 0 Å². The zero-order chi connectivity index (χ0) is 13.9. The highest BCUT2D eigenvalue weighted by Crippen LogP contribution is 2.34. The van der Waals surface area contributed by atoms with Gasteiger partial charge in [0, 0.05) is 30.7 Å².